The average molecular weight is 517 g/mol. The predicted molar refractivity (Wildman–Crippen MR) is 141 cm³/mol. The van der Waals surface area contributed by atoms with Gasteiger partial charge in [-0.2, -0.15) is 0 Å². The van der Waals surface area contributed by atoms with E-state index in [1.54, 1.807) is 19.2 Å². The van der Waals surface area contributed by atoms with Gasteiger partial charge in [-0.05, 0) is 61.9 Å². The molecule has 10 heteroatoms. The topological polar surface area (TPSA) is 115 Å². The van der Waals surface area contributed by atoms with E-state index in [-0.39, 0.29) is 23.5 Å². The van der Waals surface area contributed by atoms with Gasteiger partial charge in [0.25, 0.3) is 11.5 Å². The highest BCUT2D eigenvalue weighted by molar-refractivity contribution is 6.07. The summed E-state index contributed by atoms with van der Waals surface area (Å²) in [6.07, 6.45) is 5.70. The summed E-state index contributed by atoms with van der Waals surface area (Å²) in [5.74, 6) is -2.22. The highest BCUT2D eigenvalue weighted by Crippen LogP contribution is 2.27. The van der Waals surface area contributed by atoms with Gasteiger partial charge < -0.3 is 20.7 Å². The molecule has 0 unspecified atom stereocenters. The summed E-state index contributed by atoms with van der Waals surface area (Å²) < 4.78 is 14.0. The molecule has 36 heavy (non-hydrogen) atoms. The Hall–Kier alpha value is -3.43. The Kier molecular flexibility index (Phi) is 8.70. The van der Waals surface area contributed by atoms with Crippen molar-refractivity contribution >= 4 is 46.6 Å². The van der Waals surface area contributed by atoms with Gasteiger partial charge in [0.05, 0.1) is 16.8 Å². The van der Waals surface area contributed by atoms with Crippen LogP contribution in [0.3, 0.4) is 0 Å². The van der Waals surface area contributed by atoms with E-state index in [1.165, 1.54) is 30.7 Å². The van der Waals surface area contributed by atoms with Crippen LogP contribution in [0.25, 0.3) is 10.9 Å². The van der Waals surface area contributed by atoms with Crippen molar-refractivity contribution < 1.29 is 19.1 Å². The van der Waals surface area contributed by atoms with Crippen molar-refractivity contribution in [2.75, 3.05) is 24.7 Å². The first-order valence-corrected chi connectivity index (χ1v) is 11.7. The molecule has 0 saturated heterocycles. The molecule has 0 spiro atoms. The minimum absolute atomic E-state index is 0. The minimum Gasteiger partial charge on any atom is -0.478 e. The molecule has 0 bridgehead atoms. The standard InChI is InChI=1S/C26H29FN4O4.ClH/c1-28-22-13-18(27)11-16-12-20(25(33)30-23(16)22)24(32)29-21-9-8-15(26(34)35)10-17(21)14-31(2)19-6-4-3-5-7-19;/h8-13,19,28H,3-7,14H2,1-2H3,(H,29,32)(H,30,33)(H,34,35);1H. The Labute approximate surface area is 214 Å². The fraction of sp³-hybridized carbons (Fsp3) is 0.346. The van der Waals surface area contributed by atoms with Gasteiger partial charge in [-0.3, -0.25) is 14.5 Å². The summed E-state index contributed by atoms with van der Waals surface area (Å²) in [6.45, 7) is 0.451. The number of hydrogen-bond donors (Lipinski definition) is 4. The SMILES string of the molecule is CNc1cc(F)cc2cc(C(=O)Nc3ccc(C(=O)O)cc3CN(C)C3CCCCC3)c(=O)[nH]c12.Cl. The smallest absolute Gasteiger partial charge is 0.335 e. The van der Waals surface area contributed by atoms with Gasteiger partial charge >= 0.3 is 5.97 Å². The molecule has 1 aliphatic rings. The van der Waals surface area contributed by atoms with Crippen LogP contribution in [0, 0.1) is 5.82 Å². The van der Waals surface area contributed by atoms with Crippen LogP contribution in [0.5, 0.6) is 0 Å². The van der Waals surface area contributed by atoms with Crippen LogP contribution in [-0.2, 0) is 6.54 Å². The number of aromatic amines is 1. The predicted octanol–water partition coefficient (Wildman–Crippen LogP) is 4.85. The monoisotopic (exact) mass is 516 g/mol. The number of hydrogen-bond acceptors (Lipinski definition) is 5. The van der Waals surface area contributed by atoms with E-state index in [0.29, 0.717) is 40.4 Å². The van der Waals surface area contributed by atoms with E-state index in [9.17, 15) is 23.9 Å². The van der Waals surface area contributed by atoms with Crippen LogP contribution in [0.2, 0.25) is 0 Å². The number of aromatic nitrogens is 1. The van der Waals surface area contributed by atoms with Crippen LogP contribution in [-0.4, -0.2) is 47.0 Å². The number of nitrogens with zero attached hydrogens (tertiary/aromatic N) is 1. The van der Waals surface area contributed by atoms with Crippen LogP contribution >= 0.6 is 12.4 Å². The lowest BCUT2D eigenvalue weighted by Crippen LogP contribution is -2.33. The fourth-order valence-electron chi connectivity index (χ4n) is 4.74. The summed E-state index contributed by atoms with van der Waals surface area (Å²) in [5.41, 5.74) is 1.22. The molecule has 1 heterocycles. The highest BCUT2D eigenvalue weighted by atomic mass is 35.5. The molecule has 192 valence electrons. The minimum atomic E-state index is -1.06. The van der Waals surface area contributed by atoms with Crippen LogP contribution in [0.4, 0.5) is 15.8 Å². The molecule has 3 aromatic rings. The van der Waals surface area contributed by atoms with Crippen molar-refractivity contribution in [2.24, 2.45) is 0 Å². The number of benzene rings is 2. The molecule has 4 rings (SSSR count). The maximum Gasteiger partial charge on any atom is 0.335 e. The van der Waals surface area contributed by atoms with Gasteiger partial charge in [-0.15, -0.1) is 12.4 Å². The molecule has 0 aliphatic heterocycles. The van der Waals surface area contributed by atoms with Gasteiger partial charge in [0.1, 0.15) is 11.4 Å². The number of anilines is 2. The van der Waals surface area contributed by atoms with Crippen LogP contribution < -0.4 is 16.2 Å². The zero-order chi connectivity index (χ0) is 25.1. The van der Waals surface area contributed by atoms with E-state index < -0.39 is 23.3 Å². The quantitative estimate of drug-likeness (QED) is 0.357. The summed E-state index contributed by atoms with van der Waals surface area (Å²) in [7, 11) is 3.61. The highest BCUT2D eigenvalue weighted by Gasteiger charge is 2.21. The summed E-state index contributed by atoms with van der Waals surface area (Å²) in [5, 5.41) is 15.4. The number of halogens is 2. The van der Waals surface area contributed by atoms with Crippen molar-refractivity contribution in [1.82, 2.24) is 9.88 Å². The first-order chi connectivity index (χ1) is 16.8. The molecule has 1 aromatic heterocycles. The van der Waals surface area contributed by atoms with Crippen molar-refractivity contribution in [3.8, 4) is 0 Å². The molecule has 2 aromatic carbocycles. The number of H-pyrrole nitrogens is 1. The largest absolute Gasteiger partial charge is 0.478 e. The second kappa shape index (κ2) is 11.5. The van der Waals surface area contributed by atoms with E-state index >= 15 is 0 Å². The number of carboxylic acids is 1. The molecule has 0 atom stereocenters. The van der Waals surface area contributed by atoms with Gasteiger partial charge in [-0.1, -0.05) is 19.3 Å². The molecule has 1 saturated carbocycles. The number of aromatic carboxylic acids is 1. The third-order valence-electron chi connectivity index (χ3n) is 6.65. The van der Waals surface area contributed by atoms with Crippen LogP contribution in [0.1, 0.15) is 58.4 Å². The average Bonchev–Trinajstić information content (AvgIpc) is 2.84. The maximum absolute atomic E-state index is 14.0. The Morgan fingerprint density at radius 1 is 1.11 bits per heavy atom. The molecular formula is C26H30ClFN4O4. The van der Waals surface area contributed by atoms with Gasteiger partial charge in [0.2, 0.25) is 0 Å². The van der Waals surface area contributed by atoms with Crippen molar-refractivity contribution in [3.05, 3.63) is 69.3 Å². The van der Waals surface area contributed by atoms with Crippen molar-refractivity contribution in [1.29, 1.82) is 0 Å². The molecule has 0 radical (unpaired) electrons. The van der Waals surface area contributed by atoms with Crippen molar-refractivity contribution in [3.63, 3.8) is 0 Å². The zero-order valence-corrected chi connectivity index (χ0v) is 21.0. The number of rotatable bonds is 7. The number of carbonyl (C=O) groups excluding carboxylic acids is 1. The number of pyridine rings is 1. The molecule has 1 amide bonds. The van der Waals surface area contributed by atoms with Crippen molar-refractivity contribution in [2.45, 2.75) is 44.7 Å². The second-order valence-electron chi connectivity index (χ2n) is 9.02. The summed E-state index contributed by atoms with van der Waals surface area (Å²) >= 11 is 0. The first-order valence-electron chi connectivity index (χ1n) is 11.7. The number of nitrogens with one attached hydrogen (secondary N) is 3. The van der Waals surface area contributed by atoms with Gasteiger partial charge in [0, 0.05) is 30.7 Å². The number of carboxylic acid groups (broad SMARTS) is 1. The van der Waals surface area contributed by atoms with Crippen LogP contribution in [0.15, 0.2) is 41.2 Å². The second-order valence-corrected chi connectivity index (χ2v) is 9.02. The van der Waals surface area contributed by atoms with Gasteiger partial charge in [-0.25, -0.2) is 9.18 Å². The lowest BCUT2D eigenvalue weighted by Gasteiger charge is -2.31. The van der Waals surface area contributed by atoms with E-state index in [0.717, 1.165) is 25.7 Å². The molecule has 1 aliphatic carbocycles. The Morgan fingerprint density at radius 3 is 2.50 bits per heavy atom. The first kappa shape index (κ1) is 27.2. The summed E-state index contributed by atoms with van der Waals surface area (Å²) in [6, 6.07) is 8.76. The lowest BCUT2D eigenvalue weighted by molar-refractivity contribution is 0.0696. The third kappa shape index (κ3) is 5.85. The Morgan fingerprint density at radius 2 is 1.83 bits per heavy atom. The number of carbonyl (C=O) groups is 2. The summed E-state index contributed by atoms with van der Waals surface area (Å²) in [4.78, 5) is 42.2. The number of amides is 1. The van der Waals surface area contributed by atoms with E-state index in [1.807, 2.05) is 7.05 Å². The molecule has 8 nitrogen and oxygen atoms in total. The Balaban J connectivity index is 0.00000361. The molecular weight excluding hydrogens is 487 g/mol. The number of fused-ring (bicyclic) bond motifs is 1. The van der Waals surface area contributed by atoms with E-state index in [2.05, 4.69) is 20.5 Å². The normalized spacial score (nSPS) is 13.9. The lowest BCUT2D eigenvalue weighted by atomic mass is 9.94. The van der Waals surface area contributed by atoms with E-state index in [4.69, 9.17) is 0 Å². The molecule has 1 fully saturated rings. The third-order valence-corrected chi connectivity index (χ3v) is 6.65. The zero-order valence-electron chi connectivity index (χ0n) is 20.2. The fourth-order valence-corrected chi connectivity index (χ4v) is 4.74. The maximum atomic E-state index is 14.0. The molecule has 4 N–H and O–H groups in total. The Bertz CT molecular complexity index is 1340. The van der Waals surface area contributed by atoms with Gasteiger partial charge in [0.15, 0.2) is 0 Å².